The van der Waals surface area contributed by atoms with Gasteiger partial charge in [-0.05, 0) is 6.08 Å². The number of hydrogen-bond acceptors (Lipinski definition) is 6. The van der Waals surface area contributed by atoms with Crippen molar-refractivity contribution in [3.05, 3.63) is 37.6 Å². The normalized spacial score (nSPS) is 12.5. The summed E-state index contributed by atoms with van der Waals surface area (Å²) in [4.78, 5) is 0. The minimum Gasteiger partial charge on any atom is -0.390 e. The summed E-state index contributed by atoms with van der Waals surface area (Å²) < 4.78 is 52.8. The Morgan fingerprint density at radius 1 is 0.941 bits per heavy atom. The summed E-state index contributed by atoms with van der Waals surface area (Å²) in [5.74, 6) is -0.635. The van der Waals surface area contributed by atoms with Crippen LogP contribution in [0, 0.1) is 0 Å². The standard InChI is InChI=1S/C9H14O6S2/c1-3-8-16(10,11)14-6-5-7-15-17(12,13)9-4-2/h3-6H,1-2,7-9H2/b6-5+. The molecular formula is C9H14O6S2. The maximum atomic E-state index is 11.0. The SMILES string of the molecule is C=CCS(=O)(=O)O/C=C/COS(=O)(=O)CC=C. The Bertz CT molecular complexity index is 472. The van der Waals surface area contributed by atoms with E-state index < -0.39 is 20.2 Å². The van der Waals surface area contributed by atoms with Gasteiger partial charge < -0.3 is 4.18 Å². The van der Waals surface area contributed by atoms with Crippen molar-refractivity contribution in [3.8, 4) is 0 Å². The van der Waals surface area contributed by atoms with E-state index in [1.165, 1.54) is 12.2 Å². The number of hydrogen-bond donors (Lipinski definition) is 0. The average molecular weight is 282 g/mol. The van der Waals surface area contributed by atoms with Gasteiger partial charge in [-0.25, -0.2) is 0 Å². The first-order valence-electron chi connectivity index (χ1n) is 4.48. The predicted octanol–water partition coefficient (Wildman–Crippen LogP) is 0.565. The molecule has 0 bridgehead atoms. The van der Waals surface area contributed by atoms with Crippen molar-refractivity contribution >= 4 is 20.2 Å². The van der Waals surface area contributed by atoms with E-state index in [1.807, 2.05) is 0 Å². The van der Waals surface area contributed by atoms with Crippen molar-refractivity contribution in [2.24, 2.45) is 0 Å². The van der Waals surface area contributed by atoms with Gasteiger partial charge in [0.05, 0.1) is 12.4 Å². The molecule has 0 radical (unpaired) electrons. The lowest BCUT2D eigenvalue weighted by atomic mass is 10.7. The molecule has 0 aromatic rings. The molecule has 0 aliphatic heterocycles. The van der Waals surface area contributed by atoms with Crippen LogP contribution in [0.5, 0.6) is 0 Å². The highest BCUT2D eigenvalue weighted by atomic mass is 32.2. The highest BCUT2D eigenvalue weighted by Crippen LogP contribution is 1.97. The van der Waals surface area contributed by atoms with Crippen LogP contribution < -0.4 is 0 Å². The van der Waals surface area contributed by atoms with Crippen LogP contribution in [0.15, 0.2) is 37.6 Å². The van der Waals surface area contributed by atoms with Crippen LogP contribution in [0.25, 0.3) is 0 Å². The molecule has 0 aromatic carbocycles. The van der Waals surface area contributed by atoms with Crippen molar-refractivity contribution in [3.63, 3.8) is 0 Å². The first-order valence-corrected chi connectivity index (χ1v) is 7.63. The van der Waals surface area contributed by atoms with Gasteiger partial charge in [0, 0.05) is 0 Å². The van der Waals surface area contributed by atoms with Crippen LogP contribution in [0.4, 0.5) is 0 Å². The average Bonchev–Trinajstić information content (AvgIpc) is 2.16. The molecule has 0 N–H and O–H groups in total. The molecule has 0 amide bonds. The fraction of sp³-hybridized carbons (Fsp3) is 0.333. The van der Waals surface area contributed by atoms with Crippen LogP contribution in [-0.2, 0) is 28.6 Å². The van der Waals surface area contributed by atoms with Crippen LogP contribution in [0.3, 0.4) is 0 Å². The van der Waals surface area contributed by atoms with Crippen LogP contribution in [-0.4, -0.2) is 34.9 Å². The molecule has 0 aliphatic carbocycles. The zero-order valence-corrected chi connectivity index (χ0v) is 10.7. The highest BCUT2D eigenvalue weighted by molar-refractivity contribution is 7.87. The third-order valence-electron chi connectivity index (χ3n) is 1.29. The molecule has 0 spiro atoms. The van der Waals surface area contributed by atoms with Gasteiger partial charge in [0.25, 0.3) is 10.1 Å². The topological polar surface area (TPSA) is 86.7 Å². The second-order valence-electron chi connectivity index (χ2n) is 2.78. The van der Waals surface area contributed by atoms with Crippen LogP contribution in [0.2, 0.25) is 0 Å². The lowest BCUT2D eigenvalue weighted by molar-refractivity contribution is 0.355. The quantitative estimate of drug-likeness (QED) is 0.349. The smallest absolute Gasteiger partial charge is 0.312 e. The van der Waals surface area contributed by atoms with E-state index in [4.69, 9.17) is 0 Å². The molecule has 98 valence electrons. The van der Waals surface area contributed by atoms with Gasteiger partial charge in [0.15, 0.2) is 0 Å². The maximum absolute atomic E-state index is 11.0. The third kappa shape index (κ3) is 8.66. The van der Waals surface area contributed by atoms with Gasteiger partial charge >= 0.3 is 10.1 Å². The molecule has 0 saturated heterocycles. The summed E-state index contributed by atoms with van der Waals surface area (Å²) in [6.07, 6.45) is 4.34. The van der Waals surface area contributed by atoms with Crippen LogP contribution in [0.1, 0.15) is 0 Å². The van der Waals surface area contributed by atoms with E-state index >= 15 is 0 Å². The van der Waals surface area contributed by atoms with Crippen molar-refractivity contribution in [1.29, 1.82) is 0 Å². The van der Waals surface area contributed by atoms with E-state index in [9.17, 15) is 16.8 Å². The molecule has 0 saturated carbocycles. The molecular weight excluding hydrogens is 268 g/mol. The lowest BCUT2D eigenvalue weighted by Gasteiger charge is -2.00. The van der Waals surface area contributed by atoms with E-state index in [1.54, 1.807) is 0 Å². The first-order chi connectivity index (χ1) is 7.83. The lowest BCUT2D eigenvalue weighted by Crippen LogP contribution is -2.09. The Hall–Kier alpha value is -1.12. The first kappa shape index (κ1) is 15.9. The Labute approximate surface area is 101 Å². The molecule has 8 heteroatoms. The van der Waals surface area contributed by atoms with Gasteiger partial charge in [-0.1, -0.05) is 12.2 Å². The molecule has 0 heterocycles. The van der Waals surface area contributed by atoms with E-state index in [2.05, 4.69) is 21.5 Å². The van der Waals surface area contributed by atoms with Crippen molar-refractivity contribution < 1.29 is 25.2 Å². The van der Waals surface area contributed by atoms with Gasteiger partial charge in [0.2, 0.25) is 0 Å². The minimum atomic E-state index is -3.68. The summed E-state index contributed by atoms with van der Waals surface area (Å²) in [7, 11) is -7.33. The summed E-state index contributed by atoms with van der Waals surface area (Å²) in [5.41, 5.74) is 0. The maximum Gasteiger partial charge on any atom is 0.312 e. The molecule has 0 atom stereocenters. The van der Waals surface area contributed by atoms with E-state index in [-0.39, 0.29) is 18.1 Å². The summed E-state index contributed by atoms with van der Waals surface area (Å²) in [6, 6.07) is 0. The molecule has 0 unspecified atom stereocenters. The summed E-state index contributed by atoms with van der Waals surface area (Å²) in [5, 5.41) is 0. The van der Waals surface area contributed by atoms with Crippen molar-refractivity contribution in [2.75, 3.05) is 18.1 Å². The fourth-order valence-corrected chi connectivity index (χ4v) is 1.97. The van der Waals surface area contributed by atoms with Gasteiger partial charge in [0.1, 0.15) is 12.0 Å². The van der Waals surface area contributed by atoms with Crippen molar-refractivity contribution in [2.45, 2.75) is 0 Å². The zero-order chi connectivity index (χ0) is 13.4. The van der Waals surface area contributed by atoms with Crippen LogP contribution >= 0.6 is 0 Å². The molecule has 0 aliphatic rings. The molecule has 17 heavy (non-hydrogen) atoms. The summed E-state index contributed by atoms with van der Waals surface area (Å²) >= 11 is 0. The van der Waals surface area contributed by atoms with E-state index in [0.29, 0.717) is 0 Å². The Morgan fingerprint density at radius 2 is 1.47 bits per heavy atom. The second kappa shape index (κ2) is 7.25. The Balaban J connectivity index is 4.07. The molecule has 6 nitrogen and oxygen atoms in total. The number of rotatable bonds is 9. The fourth-order valence-electron chi connectivity index (χ4n) is 0.682. The predicted molar refractivity (Wildman–Crippen MR) is 64.1 cm³/mol. The summed E-state index contributed by atoms with van der Waals surface area (Å²) in [6.45, 7) is 6.19. The molecule has 0 aromatic heterocycles. The zero-order valence-electron chi connectivity index (χ0n) is 9.11. The minimum absolute atomic E-state index is 0.306. The third-order valence-corrected chi connectivity index (χ3v) is 3.47. The largest absolute Gasteiger partial charge is 0.390 e. The monoisotopic (exact) mass is 282 g/mol. The Morgan fingerprint density at radius 3 is 2.00 bits per heavy atom. The van der Waals surface area contributed by atoms with Gasteiger partial charge in [-0.2, -0.15) is 16.8 Å². The van der Waals surface area contributed by atoms with Gasteiger partial charge in [-0.3, -0.25) is 4.18 Å². The second-order valence-corrected chi connectivity index (χ2v) is 6.10. The van der Waals surface area contributed by atoms with Gasteiger partial charge in [-0.15, -0.1) is 13.2 Å². The van der Waals surface area contributed by atoms with E-state index in [0.717, 1.165) is 12.3 Å². The molecule has 0 rings (SSSR count). The molecule has 0 fully saturated rings. The Kier molecular flexibility index (Phi) is 6.78. The highest BCUT2D eigenvalue weighted by Gasteiger charge is 2.07. The van der Waals surface area contributed by atoms with Crippen molar-refractivity contribution in [1.82, 2.24) is 0 Å².